The Labute approximate surface area is 405 Å². The standard InChI is InChI=1S/C26H34N6O3S.C24H32N4O3S/c1-18(2)28-23(27-3)16-30-10-6-7-19(15-30)32-25-20-8-4-5-9-22(20)36(34)17-21(25)24(29-32)26(33)31-11-13-35-14-12-31;1-2-3-10-26-11-6-7-18(16-26)28-23-19-8-4-5-9-21(19)32(30)17-20(23)22(25-28)24(29)27-12-14-31-15-13-27/h4-5,8-9,19H,6-7,10-17H2,1-3H3;4-5,8-9,18H,2-3,6-7,10-17H2,1H3. The second-order valence-corrected chi connectivity index (χ2v) is 21.5. The Hall–Kier alpha value is -4.72. The van der Waals surface area contributed by atoms with E-state index in [1.54, 1.807) is 7.05 Å². The number of rotatable bonds is 9. The molecule has 0 aliphatic carbocycles. The topological polar surface area (TPSA) is 160 Å². The fraction of sp³-hybridized carbons (Fsp3) is 0.560. The number of benzene rings is 2. The molecule has 0 N–H and O–H groups in total. The van der Waals surface area contributed by atoms with E-state index in [2.05, 4.69) is 36.1 Å². The zero-order valence-corrected chi connectivity index (χ0v) is 41.7. The SMILES string of the molecule is CCCCN1CCCC(n2nc(C(=O)N3CCOCC3)c3c2-c2ccccc2S(=O)C3)C1.CN=C(CN1CCCC(n2nc(C(=O)N3CCOCC3)c3c2-c2ccccc2S(=O)C3)C1)N=C(C)C. The number of likely N-dealkylation sites (tertiary alicyclic amines) is 2. The van der Waals surface area contributed by atoms with E-state index in [-0.39, 0.29) is 23.9 Å². The largest absolute Gasteiger partial charge is 0.378 e. The van der Waals surface area contributed by atoms with Gasteiger partial charge < -0.3 is 24.2 Å². The molecule has 18 heteroatoms. The average molecular weight is 967 g/mol. The predicted molar refractivity (Wildman–Crippen MR) is 265 cm³/mol. The first kappa shape index (κ1) is 48.3. The van der Waals surface area contributed by atoms with E-state index in [9.17, 15) is 18.0 Å². The second kappa shape index (κ2) is 21.9. The van der Waals surface area contributed by atoms with Crippen LogP contribution in [0, 0.1) is 0 Å². The molecule has 16 nitrogen and oxygen atoms in total. The van der Waals surface area contributed by atoms with E-state index in [0.717, 1.165) is 113 Å². The summed E-state index contributed by atoms with van der Waals surface area (Å²) in [5.41, 5.74) is 7.40. The zero-order chi connectivity index (χ0) is 47.3. The first-order valence-corrected chi connectivity index (χ1v) is 27.1. The van der Waals surface area contributed by atoms with Gasteiger partial charge in [0.15, 0.2) is 11.4 Å². The molecule has 8 heterocycles. The van der Waals surface area contributed by atoms with Crippen LogP contribution in [-0.4, -0.2) is 170 Å². The van der Waals surface area contributed by atoms with Crippen molar-refractivity contribution in [3.05, 3.63) is 71.0 Å². The average Bonchev–Trinajstić information content (AvgIpc) is 3.95. The number of hydrogen-bond acceptors (Lipinski definition) is 11. The number of nitrogens with zero attached hydrogens (tertiary/aromatic N) is 10. The van der Waals surface area contributed by atoms with Crippen LogP contribution >= 0.6 is 0 Å². The summed E-state index contributed by atoms with van der Waals surface area (Å²) in [5.74, 6) is 1.33. The van der Waals surface area contributed by atoms with Crippen LogP contribution in [0.1, 0.15) is 103 Å². The lowest BCUT2D eigenvalue weighted by atomic mass is 10.0. The van der Waals surface area contributed by atoms with Gasteiger partial charge in [-0.1, -0.05) is 49.7 Å². The van der Waals surface area contributed by atoms with Crippen LogP contribution in [0.5, 0.6) is 0 Å². The minimum Gasteiger partial charge on any atom is -0.378 e. The number of aliphatic imine (C=N–C) groups is 2. The van der Waals surface area contributed by atoms with Gasteiger partial charge in [-0.3, -0.25) is 37.3 Å². The van der Waals surface area contributed by atoms with Crippen molar-refractivity contribution in [2.24, 2.45) is 9.98 Å². The van der Waals surface area contributed by atoms with E-state index in [0.29, 0.717) is 82.0 Å². The van der Waals surface area contributed by atoms with Crippen LogP contribution in [-0.2, 0) is 42.6 Å². The monoisotopic (exact) mass is 966 g/mol. The summed E-state index contributed by atoms with van der Waals surface area (Å²) < 4.78 is 41.3. The van der Waals surface area contributed by atoms with E-state index in [4.69, 9.17) is 19.7 Å². The molecule has 2 amide bonds. The Bertz CT molecular complexity index is 2590. The quantitative estimate of drug-likeness (QED) is 0.147. The van der Waals surface area contributed by atoms with Crippen molar-refractivity contribution < 1.29 is 27.5 Å². The summed E-state index contributed by atoms with van der Waals surface area (Å²) in [6.07, 6.45) is 6.56. The maximum atomic E-state index is 13.6. The molecule has 4 atom stereocenters. The molecule has 0 radical (unpaired) electrons. The highest BCUT2D eigenvalue weighted by Crippen LogP contribution is 2.42. The van der Waals surface area contributed by atoms with Gasteiger partial charge in [0.25, 0.3) is 11.8 Å². The van der Waals surface area contributed by atoms with E-state index >= 15 is 0 Å². The van der Waals surface area contributed by atoms with Gasteiger partial charge in [0.05, 0.1) is 89.5 Å². The number of unbranched alkanes of at least 4 members (excludes halogenated alkanes) is 1. The molecule has 4 fully saturated rings. The van der Waals surface area contributed by atoms with Crippen LogP contribution in [0.15, 0.2) is 68.3 Å². The van der Waals surface area contributed by atoms with Crippen LogP contribution in [0.3, 0.4) is 0 Å². The molecule has 0 saturated carbocycles. The summed E-state index contributed by atoms with van der Waals surface area (Å²) in [5, 5.41) is 9.93. The Balaban J connectivity index is 0.000000171. The number of fused-ring (bicyclic) bond motifs is 6. The first-order chi connectivity index (χ1) is 33.1. The highest BCUT2D eigenvalue weighted by molar-refractivity contribution is 7.84. The maximum Gasteiger partial charge on any atom is 0.274 e. The van der Waals surface area contributed by atoms with Gasteiger partial charge in [0.1, 0.15) is 5.84 Å². The lowest BCUT2D eigenvalue weighted by molar-refractivity contribution is 0.0296. The second-order valence-electron chi connectivity index (χ2n) is 18.7. The Kier molecular flexibility index (Phi) is 15.6. The van der Waals surface area contributed by atoms with Crippen molar-refractivity contribution in [1.29, 1.82) is 0 Å². The molecular weight excluding hydrogens is 901 g/mol. The van der Waals surface area contributed by atoms with Crippen LogP contribution in [0.4, 0.5) is 0 Å². The number of aromatic nitrogens is 4. The van der Waals surface area contributed by atoms with Crippen molar-refractivity contribution in [2.45, 2.75) is 92.7 Å². The van der Waals surface area contributed by atoms with Crippen molar-refractivity contribution in [3.8, 4) is 22.5 Å². The summed E-state index contributed by atoms with van der Waals surface area (Å²) in [4.78, 5) is 46.2. The lowest BCUT2D eigenvalue weighted by Gasteiger charge is -2.34. The molecule has 4 unspecified atom stereocenters. The minimum atomic E-state index is -1.21. The van der Waals surface area contributed by atoms with E-state index in [1.165, 1.54) is 12.8 Å². The van der Waals surface area contributed by atoms with Crippen molar-refractivity contribution >= 4 is 45.0 Å². The van der Waals surface area contributed by atoms with Crippen molar-refractivity contribution in [3.63, 3.8) is 0 Å². The molecule has 10 rings (SSSR count). The number of morpholine rings is 2. The molecule has 4 saturated heterocycles. The number of piperidine rings is 2. The number of carbonyl (C=O) groups excluding carboxylic acids is 2. The zero-order valence-electron chi connectivity index (χ0n) is 40.1. The minimum absolute atomic E-state index is 0.0571. The highest BCUT2D eigenvalue weighted by Gasteiger charge is 2.38. The first-order valence-electron chi connectivity index (χ1n) is 24.5. The van der Waals surface area contributed by atoms with Crippen molar-refractivity contribution in [1.82, 2.24) is 39.2 Å². The third-order valence-corrected chi connectivity index (χ3v) is 16.6. The molecule has 0 bridgehead atoms. The predicted octanol–water partition coefficient (Wildman–Crippen LogP) is 5.87. The normalized spacial score (nSPS) is 23.1. The number of amides is 2. The van der Waals surface area contributed by atoms with Crippen molar-refractivity contribution in [2.75, 3.05) is 98.9 Å². The third kappa shape index (κ3) is 10.3. The molecular formula is C50H66N10O6S2. The smallest absolute Gasteiger partial charge is 0.274 e. The molecule has 364 valence electrons. The summed E-state index contributed by atoms with van der Waals surface area (Å²) in [7, 11) is -0.596. The van der Waals surface area contributed by atoms with Gasteiger partial charge in [0, 0.05) is 84.1 Å². The Morgan fingerprint density at radius 1 is 0.691 bits per heavy atom. The maximum absolute atomic E-state index is 13.6. The van der Waals surface area contributed by atoms with Gasteiger partial charge in [-0.05, 0) is 77.7 Å². The van der Waals surface area contributed by atoms with Gasteiger partial charge >= 0.3 is 0 Å². The van der Waals surface area contributed by atoms with Gasteiger partial charge in [-0.25, -0.2) is 4.99 Å². The Morgan fingerprint density at radius 2 is 1.16 bits per heavy atom. The molecule has 0 spiro atoms. The van der Waals surface area contributed by atoms with Crippen LogP contribution < -0.4 is 0 Å². The van der Waals surface area contributed by atoms with E-state index < -0.39 is 21.6 Å². The lowest BCUT2D eigenvalue weighted by Crippen LogP contribution is -2.41. The molecule has 6 aliphatic heterocycles. The number of amidine groups is 1. The molecule has 4 aromatic rings. The molecule has 2 aromatic heterocycles. The van der Waals surface area contributed by atoms with Crippen LogP contribution in [0.25, 0.3) is 22.5 Å². The fourth-order valence-electron chi connectivity index (χ4n) is 10.4. The summed E-state index contributed by atoms with van der Waals surface area (Å²) >= 11 is 0. The van der Waals surface area contributed by atoms with Gasteiger partial charge in [-0.2, -0.15) is 10.2 Å². The highest BCUT2D eigenvalue weighted by atomic mass is 32.2. The number of hydrogen-bond donors (Lipinski definition) is 0. The summed E-state index contributed by atoms with van der Waals surface area (Å²) in [6.45, 7) is 16.2. The number of carbonyl (C=O) groups is 2. The molecule has 6 aliphatic rings. The molecule has 68 heavy (non-hydrogen) atoms. The Morgan fingerprint density at radius 3 is 1.63 bits per heavy atom. The summed E-state index contributed by atoms with van der Waals surface area (Å²) in [6, 6.07) is 16.1. The number of ether oxygens (including phenoxy) is 2. The third-order valence-electron chi connectivity index (χ3n) is 13.8. The fourth-order valence-corrected chi connectivity index (χ4v) is 13.1. The van der Waals surface area contributed by atoms with Gasteiger partial charge in [0.2, 0.25) is 0 Å². The molecule has 2 aromatic carbocycles. The van der Waals surface area contributed by atoms with Crippen LogP contribution in [0.2, 0.25) is 0 Å². The van der Waals surface area contributed by atoms with E-state index in [1.807, 2.05) is 72.2 Å². The van der Waals surface area contributed by atoms with Gasteiger partial charge in [-0.15, -0.1) is 0 Å².